The number of nitrogens with one attached hydrogen (secondary N) is 2. The second-order valence-electron chi connectivity index (χ2n) is 5.84. The van der Waals surface area contributed by atoms with Crippen molar-refractivity contribution in [2.24, 2.45) is 0 Å². The van der Waals surface area contributed by atoms with Gasteiger partial charge in [-0.2, -0.15) is 0 Å². The van der Waals surface area contributed by atoms with Gasteiger partial charge in [0.05, 0.1) is 0 Å². The lowest BCUT2D eigenvalue weighted by Gasteiger charge is -2.36. The fourth-order valence-corrected chi connectivity index (χ4v) is 3.41. The smallest absolute Gasteiger partial charge is 0.407 e. The van der Waals surface area contributed by atoms with Crippen molar-refractivity contribution in [1.29, 1.82) is 0 Å². The standard InChI is InChI=1S/C18H18BrClN2O2/c19-16-8-13(20)6-7-17(16)21-14-9-15(10-14)22-18(23)24-11-12-4-2-1-3-5-12/h1-8,14-15,21H,9-11H2,(H,22,23). The van der Waals surface area contributed by atoms with E-state index in [4.69, 9.17) is 16.3 Å². The number of hydrogen-bond acceptors (Lipinski definition) is 3. The number of rotatable bonds is 5. The molecule has 1 fully saturated rings. The van der Waals surface area contributed by atoms with Crippen LogP contribution < -0.4 is 10.6 Å². The summed E-state index contributed by atoms with van der Waals surface area (Å²) in [6.45, 7) is 0.290. The first kappa shape index (κ1) is 17.1. The molecule has 1 amide bonds. The molecule has 2 aromatic carbocycles. The Hall–Kier alpha value is -1.72. The van der Waals surface area contributed by atoms with E-state index in [0.717, 1.165) is 28.6 Å². The van der Waals surface area contributed by atoms with Crippen molar-refractivity contribution in [2.75, 3.05) is 5.32 Å². The van der Waals surface area contributed by atoms with Crippen molar-refractivity contribution in [3.8, 4) is 0 Å². The molecule has 24 heavy (non-hydrogen) atoms. The zero-order valence-corrected chi connectivity index (χ0v) is 15.3. The Morgan fingerprint density at radius 2 is 1.92 bits per heavy atom. The molecule has 6 heteroatoms. The highest BCUT2D eigenvalue weighted by Crippen LogP contribution is 2.30. The predicted molar refractivity (Wildman–Crippen MR) is 99.3 cm³/mol. The van der Waals surface area contributed by atoms with Crippen molar-refractivity contribution in [2.45, 2.75) is 31.5 Å². The van der Waals surface area contributed by atoms with E-state index in [1.165, 1.54) is 0 Å². The van der Waals surface area contributed by atoms with E-state index in [1.807, 2.05) is 48.5 Å². The Morgan fingerprint density at radius 1 is 1.17 bits per heavy atom. The fourth-order valence-electron chi connectivity index (χ4n) is 2.61. The van der Waals surface area contributed by atoms with Crippen LogP contribution in [0.4, 0.5) is 10.5 Å². The molecule has 0 unspecified atom stereocenters. The normalized spacial score (nSPS) is 19.2. The van der Waals surface area contributed by atoms with Gasteiger partial charge in [0, 0.05) is 27.3 Å². The largest absolute Gasteiger partial charge is 0.445 e. The number of ether oxygens (including phenoxy) is 1. The summed E-state index contributed by atoms with van der Waals surface area (Å²) in [5.41, 5.74) is 1.99. The lowest BCUT2D eigenvalue weighted by Crippen LogP contribution is -2.49. The molecular weight excluding hydrogens is 392 g/mol. The molecule has 2 aromatic rings. The maximum Gasteiger partial charge on any atom is 0.407 e. The quantitative estimate of drug-likeness (QED) is 0.733. The molecule has 0 spiro atoms. The van der Waals surface area contributed by atoms with Crippen molar-refractivity contribution in [3.05, 3.63) is 63.6 Å². The Bertz CT molecular complexity index is 705. The summed E-state index contributed by atoms with van der Waals surface area (Å²) in [6.07, 6.45) is 1.38. The van der Waals surface area contributed by atoms with Gasteiger partial charge >= 0.3 is 6.09 Å². The van der Waals surface area contributed by atoms with Crippen LogP contribution in [0, 0.1) is 0 Å². The van der Waals surface area contributed by atoms with Crippen LogP contribution in [0.25, 0.3) is 0 Å². The first-order valence-corrected chi connectivity index (χ1v) is 8.96. The Kier molecular flexibility index (Phi) is 5.63. The number of carbonyl (C=O) groups is 1. The van der Waals surface area contributed by atoms with Crippen LogP contribution in [0.3, 0.4) is 0 Å². The van der Waals surface area contributed by atoms with Crippen LogP contribution in [-0.4, -0.2) is 18.2 Å². The molecular formula is C18H18BrClN2O2. The molecule has 1 saturated carbocycles. The van der Waals surface area contributed by atoms with Crippen molar-refractivity contribution >= 4 is 39.3 Å². The maximum absolute atomic E-state index is 11.8. The third-order valence-electron chi connectivity index (χ3n) is 3.96. The molecule has 0 bridgehead atoms. The van der Waals surface area contributed by atoms with Crippen LogP contribution in [-0.2, 0) is 11.3 Å². The van der Waals surface area contributed by atoms with Crippen molar-refractivity contribution in [3.63, 3.8) is 0 Å². The fraction of sp³-hybridized carbons (Fsp3) is 0.278. The average molecular weight is 410 g/mol. The van der Waals surface area contributed by atoms with Gasteiger partial charge in [-0.15, -0.1) is 0 Å². The minimum absolute atomic E-state index is 0.150. The molecule has 3 rings (SSSR count). The summed E-state index contributed by atoms with van der Waals surface area (Å²) < 4.78 is 6.17. The lowest BCUT2D eigenvalue weighted by atomic mass is 9.86. The monoisotopic (exact) mass is 408 g/mol. The highest BCUT2D eigenvalue weighted by molar-refractivity contribution is 9.10. The Balaban J connectivity index is 1.38. The van der Waals surface area contributed by atoms with Gasteiger partial charge in [0.15, 0.2) is 0 Å². The Labute approximate surface area is 154 Å². The molecule has 0 radical (unpaired) electrons. The third kappa shape index (κ3) is 4.65. The highest BCUT2D eigenvalue weighted by atomic mass is 79.9. The highest BCUT2D eigenvalue weighted by Gasteiger charge is 2.30. The molecule has 0 aliphatic heterocycles. The molecule has 0 atom stereocenters. The second kappa shape index (κ2) is 7.90. The first-order valence-electron chi connectivity index (χ1n) is 7.79. The van der Waals surface area contributed by atoms with Gasteiger partial charge in [0.1, 0.15) is 6.61 Å². The number of amides is 1. The number of halogens is 2. The molecule has 2 N–H and O–H groups in total. The third-order valence-corrected chi connectivity index (χ3v) is 4.85. The van der Waals surface area contributed by atoms with Gasteiger partial charge in [-0.25, -0.2) is 4.79 Å². The van der Waals surface area contributed by atoms with Gasteiger partial charge < -0.3 is 15.4 Å². The zero-order valence-electron chi connectivity index (χ0n) is 13.0. The average Bonchev–Trinajstić information content (AvgIpc) is 2.54. The number of hydrogen-bond donors (Lipinski definition) is 2. The second-order valence-corrected chi connectivity index (χ2v) is 7.13. The van der Waals surface area contributed by atoms with Crippen LogP contribution in [0.15, 0.2) is 53.0 Å². The molecule has 0 saturated heterocycles. The molecule has 4 nitrogen and oxygen atoms in total. The SMILES string of the molecule is O=C(NC1CC(Nc2ccc(Cl)cc2Br)C1)OCc1ccccc1. The van der Waals surface area contributed by atoms with E-state index in [2.05, 4.69) is 26.6 Å². The van der Waals surface area contributed by atoms with Gasteiger partial charge in [0.2, 0.25) is 0 Å². The lowest BCUT2D eigenvalue weighted by molar-refractivity contribution is 0.129. The van der Waals surface area contributed by atoms with Crippen LogP contribution in [0.1, 0.15) is 18.4 Å². The van der Waals surface area contributed by atoms with Crippen molar-refractivity contribution < 1.29 is 9.53 Å². The Morgan fingerprint density at radius 3 is 2.62 bits per heavy atom. The predicted octanol–water partition coefficient (Wildman–Crippen LogP) is 4.97. The van der Waals surface area contributed by atoms with E-state index >= 15 is 0 Å². The number of alkyl carbamates (subject to hydrolysis) is 1. The van der Waals surface area contributed by atoms with E-state index in [9.17, 15) is 4.79 Å². The van der Waals surface area contributed by atoms with E-state index < -0.39 is 0 Å². The zero-order chi connectivity index (χ0) is 16.9. The van der Waals surface area contributed by atoms with Crippen LogP contribution in [0.2, 0.25) is 5.02 Å². The van der Waals surface area contributed by atoms with Gasteiger partial charge in [-0.1, -0.05) is 41.9 Å². The van der Waals surface area contributed by atoms with E-state index in [-0.39, 0.29) is 12.1 Å². The summed E-state index contributed by atoms with van der Waals surface area (Å²) in [5, 5.41) is 7.03. The molecule has 0 heterocycles. The number of carbonyl (C=O) groups excluding carboxylic acids is 1. The number of benzene rings is 2. The van der Waals surface area contributed by atoms with E-state index in [0.29, 0.717) is 17.7 Å². The summed E-state index contributed by atoms with van der Waals surface area (Å²) in [7, 11) is 0. The van der Waals surface area contributed by atoms with E-state index in [1.54, 1.807) is 0 Å². The minimum atomic E-state index is -0.366. The molecule has 0 aromatic heterocycles. The van der Waals surface area contributed by atoms with Crippen LogP contribution in [0.5, 0.6) is 0 Å². The molecule has 1 aliphatic rings. The van der Waals surface area contributed by atoms with Gasteiger partial charge in [-0.05, 0) is 52.5 Å². The number of anilines is 1. The maximum atomic E-state index is 11.8. The first-order chi connectivity index (χ1) is 11.6. The molecule has 1 aliphatic carbocycles. The molecule has 126 valence electrons. The van der Waals surface area contributed by atoms with Gasteiger partial charge in [-0.3, -0.25) is 0 Å². The minimum Gasteiger partial charge on any atom is -0.445 e. The van der Waals surface area contributed by atoms with Gasteiger partial charge in [0.25, 0.3) is 0 Å². The summed E-state index contributed by atoms with van der Waals surface area (Å²) >= 11 is 9.43. The van der Waals surface area contributed by atoms with Crippen LogP contribution >= 0.6 is 27.5 Å². The van der Waals surface area contributed by atoms with Crippen molar-refractivity contribution in [1.82, 2.24) is 5.32 Å². The summed E-state index contributed by atoms with van der Waals surface area (Å²) in [5.74, 6) is 0. The topological polar surface area (TPSA) is 50.4 Å². The summed E-state index contributed by atoms with van der Waals surface area (Å²) in [6, 6.07) is 15.8. The summed E-state index contributed by atoms with van der Waals surface area (Å²) in [4.78, 5) is 11.8.